The Morgan fingerprint density at radius 2 is 1.31 bits per heavy atom. The maximum Gasteiger partial charge on any atom is 0.0929 e. The molecule has 1 aliphatic rings. The van der Waals surface area contributed by atoms with Crippen molar-refractivity contribution in [3.8, 4) is 0 Å². The molecule has 2 aromatic rings. The smallest absolute Gasteiger partial charge is 0.0929 e. The highest BCUT2D eigenvalue weighted by Crippen LogP contribution is 2.38. The monoisotopic (exact) mass is 353 g/mol. The zero-order valence-electron chi connectivity index (χ0n) is 15.9. The molecular formula is C23H31NO2. The molecule has 140 valence electrons. The summed E-state index contributed by atoms with van der Waals surface area (Å²) in [4.78, 5) is 2.52. The van der Waals surface area contributed by atoms with Gasteiger partial charge in [0.2, 0.25) is 0 Å². The lowest BCUT2D eigenvalue weighted by Crippen LogP contribution is -2.54. The van der Waals surface area contributed by atoms with Crippen molar-refractivity contribution in [2.24, 2.45) is 0 Å². The fourth-order valence-corrected chi connectivity index (χ4v) is 4.01. The maximum absolute atomic E-state index is 10.8. The van der Waals surface area contributed by atoms with Crippen LogP contribution in [-0.4, -0.2) is 32.4 Å². The zero-order chi connectivity index (χ0) is 18.6. The summed E-state index contributed by atoms with van der Waals surface area (Å²) in [7, 11) is 0. The van der Waals surface area contributed by atoms with Crippen molar-refractivity contribution in [2.75, 3.05) is 0 Å². The summed E-state index contributed by atoms with van der Waals surface area (Å²) in [6.07, 6.45) is 3.09. The molecule has 1 saturated carbocycles. The van der Waals surface area contributed by atoms with Crippen LogP contribution in [0.3, 0.4) is 0 Å². The van der Waals surface area contributed by atoms with E-state index < -0.39 is 11.2 Å². The molecule has 0 atom stereocenters. The number of hydrogen-bond donors (Lipinski definition) is 2. The van der Waals surface area contributed by atoms with Gasteiger partial charge in [0.15, 0.2) is 0 Å². The molecule has 2 N–H and O–H groups in total. The van der Waals surface area contributed by atoms with Crippen molar-refractivity contribution >= 4 is 0 Å². The van der Waals surface area contributed by atoms with Crippen molar-refractivity contribution in [3.63, 3.8) is 0 Å². The molecule has 26 heavy (non-hydrogen) atoms. The van der Waals surface area contributed by atoms with E-state index in [1.807, 2.05) is 0 Å². The quantitative estimate of drug-likeness (QED) is 0.820. The third kappa shape index (κ3) is 4.53. The second-order valence-corrected chi connectivity index (χ2v) is 8.20. The van der Waals surface area contributed by atoms with Crippen LogP contribution in [-0.2, 0) is 13.1 Å². The molecule has 0 spiro atoms. The molecule has 0 saturated heterocycles. The van der Waals surface area contributed by atoms with Gasteiger partial charge in [-0.25, -0.2) is 0 Å². The third-order valence-electron chi connectivity index (χ3n) is 5.89. The summed E-state index contributed by atoms with van der Waals surface area (Å²) in [5.74, 6) is 0. The molecule has 0 bridgehead atoms. The fraction of sp³-hybridized carbons (Fsp3) is 0.478. The highest BCUT2D eigenvalue weighted by Gasteiger charge is 2.45. The van der Waals surface area contributed by atoms with Crippen LogP contribution < -0.4 is 0 Å². The minimum absolute atomic E-state index is 0.415. The van der Waals surface area contributed by atoms with E-state index in [1.165, 1.54) is 11.1 Å². The lowest BCUT2D eigenvalue weighted by Gasteiger charge is -2.46. The van der Waals surface area contributed by atoms with Crippen LogP contribution in [0, 0.1) is 0 Å². The SMILES string of the molecule is CC(C)(O)[C@]1(O)CC[C@@H](N(Cc2ccccc2)Cc2ccccc2)CC1. The van der Waals surface area contributed by atoms with Gasteiger partial charge in [0.1, 0.15) is 0 Å². The molecule has 1 fully saturated rings. The molecule has 0 aliphatic heterocycles. The topological polar surface area (TPSA) is 43.7 Å². The predicted molar refractivity (Wildman–Crippen MR) is 106 cm³/mol. The lowest BCUT2D eigenvalue weighted by molar-refractivity contribution is -0.156. The Labute approximate surface area is 157 Å². The Bertz CT molecular complexity index is 629. The summed E-state index contributed by atoms with van der Waals surface area (Å²) in [6, 6.07) is 21.6. The largest absolute Gasteiger partial charge is 0.387 e. The first-order valence-electron chi connectivity index (χ1n) is 9.64. The van der Waals surface area contributed by atoms with E-state index in [1.54, 1.807) is 13.8 Å². The van der Waals surface area contributed by atoms with Crippen LogP contribution >= 0.6 is 0 Å². The summed E-state index contributed by atoms with van der Waals surface area (Å²) >= 11 is 0. The molecule has 3 nitrogen and oxygen atoms in total. The Morgan fingerprint density at radius 1 is 0.885 bits per heavy atom. The number of nitrogens with zero attached hydrogens (tertiary/aromatic N) is 1. The summed E-state index contributed by atoms with van der Waals surface area (Å²) < 4.78 is 0. The van der Waals surface area contributed by atoms with Gasteiger partial charge in [0, 0.05) is 19.1 Å². The van der Waals surface area contributed by atoms with Gasteiger partial charge in [0.25, 0.3) is 0 Å². The highest BCUT2D eigenvalue weighted by molar-refractivity contribution is 5.17. The van der Waals surface area contributed by atoms with E-state index in [2.05, 4.69) is 65.6 Å². The third-order valence-corrected chi connectivity index (χ3v) is 5.89. The molecule has 0 unspecified atom stereocenters. The van der Waals surface area contributed by atoms with Gasteiger partial charge in [-0.3, -0.25) is 4.90 Å². The second kappa shape index (κ2) is 7.91. The van der Waals surface area contributed by atoms with Crippen molar-refractivity contribution < 1.29 is 10.2 Å². The first kappa shape index (κ1) is 19.1. The van der Waals surface area contributed by atoms with Gasteiger partial charge < -0.3 is 10.2 Å². The Morgan fingerprint density at radius 3 is 1.69 bits per heavy atom. The molecule has 0 aromatic heterocycles. The van der Waals surface area contributed by atoms with Gasteiger partial charge in [-0.1, -0.05) is 60.7 Å². The van der Waals surface area contributed by atoms with Gasteiger partial charge in [-0.15, -0.1) is 0 Å². The van der Waals surface area contributed by atoms with Crippen LogP contribution in [0.2, 0.25) is 0 Å². The van der Waals surface area contributed by atoms with Gasteiger partial charge >= 0.3 is 0 Å². The standard InChI is InChI=1S/C23H31NO2/c1-22(2,25)23(26)15-13-21(14-16-23)24(17-19-9-5-3-6-10-19)18-20-11-7-4-8-12-20/h3-12,21,25-26H,13-18H2,1-2H3/t21-,23+. The van der Waals surface area contributed by atoms with E-state index in [0.717, 1.165) is 25.9 Å². The molecule has 0 radical (unpaired) electrons. The Kier molecular flexibility index (Phi) is 5.81. The van der Waals surface area contributed by atoms with Crippen molar-refractivity contribution in [2.45, 2.75) is 69.9 Å². The van der Waals surface area contributed by atoms with Crippen molar-refractivity contribution in [1.82, 2.24) is 4.90 Å². The van der Waals surface area contributed by atoms with Crippen LogP contribution in [0.15, 0.2) is 60.7 Å². The van der Waals surface area contributed by atoms with E-state index in [4.69, 9.17) is 0 Å². The number of benzene rings is 2. The minimum Gasteiger partial charge on any atom is -0.387 e. The van der Waals surface area contributed by atoms with Gasteiger partial charge in [0.05, 0.1) is 11.2 Å². The molecule has 3 heteroatoms. The first-order chi connectivity index (χ1) is 12.4. The predicted octanol–water partition coefficient (Wildman–Crippen LogP) is 4.13. The fourth-order valence-electron chi connectivity index (χ4n) is 4.01. The molecule has 3 rings (SSSR count). The Balaban J connectivity index is 1.73. The van der Waals surface area contributed by atoms with Crippen molar-refractivity contribution in [3.05, 3.63) is 71.8 Å². The van der Waals surface area contributed by atoms with Gasteiger partial charge in [-0.05, 0) is 50.7 Å². The van der Waals surface area contributed by atoms with Crippen LogP contribution in [0.1, 0.15) is 50.7 Å². The number of rotatable bonds is 6. The van der Waals surface area contributed by atoms with Crippen molar-refractivity contribution in [1.29, 1.82) is 0 Å². The van der Waals surface area contributed by atoms with E-state index >= 15 is 0 Å². The zero-order valence-corrected chi connectivity index (χ0v) is 15.9. The average Bonchev–Trinajstić information content (AvgIpc) is 2.63. The summed E-state index contributed by atoms with van der Waals surface area (Å²) in [6.45, 7) is 5.25. The summed E-state index contributed by atoms with van der Waals surface area (Å²) in [5.41, 5.74) is 0.592. The molecule has 1 aliphatic carbocycles. The maximum atomic E-state index is 10.8. The van der Waals surface area contributed by atoms with E-state index in [9.17, 15) is 10.2 Å². The number of hydrogen-bond acceptors (Lipinski definition) is 3. The first-order valence-corrected chi connectivity index (χ1v) is 9.64. The Hall–Kier alpha value is -1.68. The second-order valence-electron chi connectivity index (χ2n) is 8.20. The molecule has 0 amide bonds. The van der Waals surface area contributed by atoms with Crippen LogP contribution in [0.5, 0.6) is 0 Å². The molecule has 2 aromatic carbocycles. The molecular weight excluding hydrogens is 322 g/mol. The number of aliphatic hydroxyl groups is 2. The lowest BCUT2D eigenvalue weighted by atomic mass is 9.72. The van der Waals surface area contributed by atoms with Crippen LogP contribution in [0.25, 0.3) is 0 Å². The minimum atomic E-state index is -1.05. The highest BCUT2D eigenvalue weighted by atomic mass is 16.4. The van der Waals surface area contributed by atoms with E-state index in [0.29, 0.717) is 18.9 Å². The van der Waals surface area contributed by atoms with Crippen LogP contribution in [0.4, 0.5) is 0 Å². The normalized spacial score (nSPS) is 24.0. The van der Waals surface area contributed by atoms with E-state index in [-0.39, 0.29) is 0 Å². The average molecular weight is 354 g/mol. The van der Waals surface area contributed by atoms with Gasteiger partial charge in [-0.2, -0.15) is 0 Å². The molecule has 0 heterocycles. The summed E-state index contributed by atoms with van der Waals surface area (Å²) in [5, 5.41) is 21.2.